The first-order chi connectivity index (χ1) is 25.4. The smallest absolute Gasteiger partial charge is 0.457 e. The van der Waals surface area contributed by atoms with Crippen LogP contribution in [0.1, 0.15) is 168 Å². The van der Waals surface area contributed by atoms with E-state index in [-0.39, 0.29) is 32.8 Å². The van der Waals surface area contributed by atoms with Crippen LogP contribution in [0.3, 0.4) is 0 Å². The van der Waals surface area contributed by atoms with Crippen LogP contribution in [0.2, 0.25) is 0 Å². The van der Waals surface area contributed by atoms with Gasteiger partial charge in [-0.05, 0) is 38.5 Å². The van der Waals surface area contributed by atoms with E-state index >= 15 is 0 Å². The number of rotatable bonds is 39. The Morgan fingerprint density at radius 3 is 1.44 bits per heavy atom. The Bertz CT molecular complexity index is 979. The Hall–Kier alpha value is -1.80. The number of allylic oxidation sites excluding steroid dienone is 9. The number of carbonyl (C=O) groups is 1. The highest BCUT2D eigenvalue weighted by atomic mass is 31.2. The summed E-state index contributed by atoms with van der Waals surface area (Å²) < 4.78 is 33.2. The van der Waals surface area contributed by atoms with Crippen LogP contribution in [-0.4, -0.2) is 49.9 Å². The van der Waals surface area contributed by atoms with E-state index in [4.69, 9.17) is 24.3 Å². The maximum absolute atomic E-state index is 12.5. The normalized spacial score (nSPS) is 14.2. The fourth-order valence-electron chi connectivity index (χ4n) is 5.48. The van der Waals surface area contributed by atoms with Crippen molar-refractivity contribution < 1.29 is 32.8 Å². The maximum atomic E-state index is 12.5. The van der Waals surface area contributed by atoms with Gasteiger partial charge in [-0.1, -0.05) is 184 Å². The average Bonchev–Trinajstić information content (AvgIpc) is 3.13. The second kappa shape index (κ2) is 40.4. The highest BCUT2D eigenvalue weighted by molar-refractivity contribution is 7.47. The molecule has 0 saturated heterocycles. The molecule has 0 spiro atoms. The Morgan fingerprint density at radius 2 is 1.00 bits per heavy atom. The Kier molecular flexibility index (Phi) is 39.0. The van der Waals surface area contributed by atoms with E-state index in [2.05, 4.69) is 62.5 Å². The Balaban J connectivity index is 4.14. The predicted octanol–water partition coefficient (Wildman–Crippen LogP) is 12.2. The summed E-state index contributed by atoms with van der Waals surface area (Å²) >= 11 is 0. The summed E-state index contributed by atoms with van der Waals surface area (Å²) in [5, 5.41) is 0. The van der Waals surface area contributed by atoms with Crippen molar-refractivity contribution in [3.05, 3.63) is 60.8 Å². The number of hydrogen-bond donors (Lipinski definition) is 2. The fraction of sp³-hybridized carbons (Fsp3) is 0.744. The van der Waals surface area contributed by atoms with Crippen LogP contribution in [0.5, 0.6) is 0 Å². The summed E-state index contributed by atoms with van der Waals surface area (Å²) in [5.41, 5.74) is 5.35. The van der Waals surface area contributed by atoms with Crippen LogP contribution in [0.4, 0.5) is 0 Å². The summed E-state index contributed by atoms with van der Waals surface area (Å²) in [5.74, 6) is -0.456. The molecular weight excluding hydrogens is 673 g/mol. The number of carbonyl (C=O) groups excluding carboxylic acids is 1. The molecule has 8 nitrogen and oxygen atoms in total. The van der Waals surface area contributed by atoms with Crippen molar-refractivity contribution in [2.24, 2.45) is 5.73 Å². The van der Waals surface area contributed by atoms with Gasteiger partial charge in [0.1, 0.15) is 6.10 Å². The van der Waals surface area contributed by atoms with Crippen LogP contribution in [0, 0.1) is 0 Å². The summed E-state index contributed by atoms with van der Waals surface area (Å²) in [7, 11) is -4.30. The predicted molar refractivity (Wildman–Crippen MR) is 219 cm³/mol. The van der Waals surface area contributed by atoms with Gasteiger partial charge >= 0.3 is 13.8 Å². The third-order valence-electron chi connectivity index (χ3n) is 8.48. The molecule has 0 heterocycles. The first-order valence-corrected chi connectivity index (χ1v) is 22.3. The SMILES string of the molecule is CC/C=C\C/C=C\C/C=C\C/C=C\C/C=C\CC(=O)OC(COCCCCCCCCCCCCCCCCCCCC)COP(=O)(O)OCCN. The molecule has 0 bridgehead atoms. The van der Waals surface area contributed by atoms with E-state index in [0.29, 0.717) is 13.0 Å². The third kappa shape index (κ3) is 39.4. The standard InChI is InChI=1S/C43H78NO7P/c1-3-5-7-9-11-13-15-17-19-20-21-23-25-27-29-31-33-35-38-48-40-42(41-50-52(46,47)49-39-37-44)51-43(45)36-34-32-30-28-26-24-22-18-16-14-12-10-8-6-4-2/h6,8,12,14,18,22,26,28,32,34,42H,3-5,7,9-11,13,15-17,19-21,23-25,27,29-31,33,35-41,44H2,1-2H3,(H,46,47)/b8-6-,14-12-,22-18-,28-26-,34-32-. The molecule has 0 fully saturated rings. The zero-order valence-electron chi connectivity index (χ0n) is 33.3. The number of esters is 1. The van der Waals surface area contributed by atoms with Crippen molar-refractivity contribution >= 4 is 13.8 Å². The van der Waals surface area contributed by atoms with Gasteiger partial charge < -0.3 is 20.1 Å². The van der Waals surface area contributed by atoms with Gasteiger partial charge in [-0.25, -0.2) is 4.57 Å². The van der Waals surface area contributed by atoms with Gasteiger partial charge in [-0.3, -0.25) is 13.8 Å². The van der Waals surface area contributed by atoms with Crippen molar-refractivity contribution in [2.45, 2.75) is 174 Å². The molecule has 0 aliphatic heterocycles. The monoisotopic (exact) mass is 752 g/mol. The molecule has 302 valence electrons. The molecule has 0 aromatic carbocycles. The number of phosphoric ester groups is 1. The summed E-state index contributed by atoms with van der Waals surface area (Å²) in [6, 6.07) is 0. The summed E-state index contributed by atoms with van der Waals surface area (Å²) in [4.78, 5) is 22.4. The lowest BCUT2D eigenvalue weighted by molar-refractivity contribution is -0.153. The molecule has 52 heavy (non-hydrogen) atoms. The molecule has 0 aliphatic carbocycles. The van der Waals surface area contributed by atoms with Crippen LogP contribution in [0.25, 0.3) is 0 Å². The van der Waals surface area contributed by atoms with Gasteiger partial charge in [0.25, 0.3) is 0 Å². The van der Waals surface area contributed by atoms with Crippen LogP contribution in [-0.2, 0) is 27.9 Å². The molecular formula is C43H78NO7P. The Morgan fingerprint density at radius 1 is 0.577 bits per heavy atom. The average molecular weight is 752 g/mol. The lowest BCUT2D eigenvalue weighted by Gasteiger charge is -2.19. The lowest BCUT2D eigenvalue weighted by atomic mass is 10.0. The van der Waals surface area contributed by atoms with Crippen molar-refractivity contribution in [3.63, 3.8) is 0 Å². The molecule has 0 aliphatic rings. The van der Waals surface area contributed by atoms with E-state index < -0.39 is 19.9 Å². The Labute approximate surface area is 319 Å². The number of unbranched alkanes of at least 4 members (excludes halogenated alkanes) is 17. The van der Waals surface area contributed by atoms with E-state index in [0.717, 1.165) is 38.5 Å². The quantitative estimate of drug-likeness (QED) is 0.0276. The molecule has 3 N–H and O–H groups in total. The lowest BCUT2D eigenvalue weighted by Crippen LogP contribution is -2.28. The molecule has 0 amide bonds. The zero-order chi connectivity index (χ0) is 38.1. The second-order valence-corrected chi connectivity index (χ2v) is 14.9. The zero-order valence-corrected chi connectivity index (χ0v) is 34.2. The van der Waals surface area contributed by atoms with Crippen LogP contribution in [0.15, 0.2) is 60.8 Å². The topological polar surface area (TPSA) is 117 Å². The fourth-order valence-corrected chi connectivity index (χ4v) is 6.25. The highest BCUT2D eigenvalue weighted by Crippen LogP contribution is 2.43. The molecule has 0 aromatic heterocycles. The maximum Gasteiger partial charge on any atom is 0.472 e. The second-order valence-electron chi connectivity index (χ2n) is 13.5. The first-order valence-electron chi connectivity index (χ1n) is 20.8. The van der Waals surface area contributed by atoms with Crippen molar-refractivity contribution in [3.8, 4) is 0 Å². The van der Waals surface area contributed by atoms with Gasteiger partial charge in [0.05, 0.1) is 26.2 Å². The van der Waals surface area contributed by atoms with E-state index in [1.807, 2.05) is 6.08 Å². The third-order valence-corrected chi connectivity index (χ3v) is 9.47. The molecule has 0 radical (unpaired) electrons. The molecule has 0 saturated carbocycles. The number of hydrogen-bond acceptors (Lipinski definition) is 7. The van der Waals surface area contributed by atoms with Gasteiger partial charge in [-0.15, -0.1) is 0 Å². The van der Waals surface area contributed by atoms with Crippen molar-refractivity contribution in [1.29, 1.82) is 0 Å². The minimum absolute atomic E-state index is 0.0766. The van der Waals surface area contributed by atoms with Crippen molar-refractivity contribution in [1.82, 2.24) is 0 Å². The van der Waals surface area contributed by atoms with Gasteiger partial charge in [-0.2, -0.15) is 0 Å². The molecule has 2 atom stereocenters. The minimum atomic E-state index is -4.30. The number of phosphoric acid groups is 1. The highest BCUT2D eigenvalue weighted by Gasteiger charge is 2.25. The molecule has 0 rings (SSSR count). The van der Waals surface area contributed by atoms with Crippen LogP contribution >= 0.6 is 7.82 Å². The number of ether oxygens (including phenoxy) is 2. The molecule has 0 aromatic rings. The van der Waals surface area contributed by atoms with Gasteiger partial charge in [0.15, 0.2) is 0 Å². The summed E-state index contributed by atoms with van der Waals surface area (Å²) in [6.07, 6.45) is 48.4. The van der Waals surface area contributed by atoms with E-state index in [9.17, 15) is 14.3 Å². The first kappa shape index (κ1) is 50.2. The number of nitrogens with two attached hydrogens (primary N) is 1. The van der Waals surface area contributed by atoms with E-state index in [1.54, 1.807) is 6.08 Å². The van der Waals surface area contributed by atoms with Crippen LogP contribution < -0.4 is 5.73 Å². The molecule has 2 unspecified atom stereocenters. The largest absolute Gasteiger partial charge is 0.472 e. The molecule has 9 heteroatoms. The van der Waals surface area contributed by atoms with Gasteiger partial charge in [0, 0.05) is 13.2 Å². The van der Waals surface area contributed by atoms with Crippen molar-refractivity contribution in [2.75, 3.05) is 33.0 Å². The van der Waals surface area contributed by atoms with Gasteiger partial charge in [0.2, 0.25) is 0 Å². The van der Waals surface area contributed by atoms with E-state index in [1.165, 1.54) is 103 Å². The minimum Gasteiger partial charge on any atom is -0.457 e. The summed E-state index contributed by atoms with van der Waals surface area (Å²) in [6.45, 7) is 4.68.